The molecule has 1 heterocycles. The molecule has 0 aromatic rings. The lowest BCUT2D eigenvalue weighted by atomic mass is 9.99. The molecule has 6 unspecified atom stereocenters. The quantitative estimate of drug-likeness (QED) is 0.0210. The molecule has 0 aromatic heterocycles. The number of rotatable bonds is 35. The van der Waals surface area contributed by atoms with Gasteiger partial charge in [0.15, 0.2) is 6.29 Å². The Bertz CT molecular complexity index is 1160. The Balaban J connectivity index is 2.49. The Labute approximate surface area is 332 Å². The van der Waals surface area contributed by atoms with Gasteiger partial charge in [-0.1, -0.05) is 120 Å². The van der Waals surface area contributed by atoms with Gasteiger partial charge in [0.25, 0.3) is 0 Å². The molecule has 0 spiro atoms. The third-order valence-electron chi connectivity index (χ3n) is 9.18. The number of hydrogen-bond donors (Lipinski definition) is 4. The molecule has 1 fully saturated rings. The average Bonchev–Trinajstić information content (AvgIpc) is 3.15. The van der Waals surface area contributed by atoms with Crippen molar-refractivity contribution < 1.29 is 56.2 Å². The second kappa shape index (κ2) is 34.1. The first-order chi connectivity index (χ1) is 26.6. The van der Waals surface area contributed by atoms with Crippen LogP contribution in [-0.2, 0) is 38.3 Å². The minimum absolute atomic E-state index is 0.0232. The number of ether oxygens (including phenoxy) is 4. The van der Waals surface area contributed by atoms with E-state index in [-0.39, 0.29) is 19.6 Å². The van der Waals surface area contributed by atoms with Gasteiger partial charge in [0.1, 0.15) is 30.5 Å². The lowest BCUT2D eigenvalue weighted by Gasteiger charge is -2.41. The predicted molar refractivity (Wildman–Crippen MR) is 216 cm³/mol. The molecular formula is C42H74O12S. The van der Waals surface area contributed by atoms with Crippen LogP contribution in [-0.4, -0.2) is 97.5 Å². The summed E-state index contributed by atoms with van der Waals surface area (Å²) in [5.41, 5.74) is 0. The van der Waals surface area contributed by atoms with Gasteiger partial charge in [-0.3, -0.25) is 9.35 Å². The van der Waals surface area contributed by atoms with Crippen LogP contribution in [0.4, 0.5) is 0 Å². The summed E-state index contributed by atoms with van der Waals surface area (Å²) in [5.74, 6) is -0.421. The first kappa shape index (κ1) is 51.1. The topological polar surface area (TPSA) is 178 Å². The summed E-state index contributed by atoms with van der Waals surface area (Å²) in [6.07, 6.45) is 30.0. The van der Waals surface area contributed by atoms with Crippen molar-refractivity contribution in [3.05, 3.63) is 48.6 Å². The summed E-state index contributed by atoms with van der Waals surface area (Å²) in [4.78, 5) is 12.8. The Hall–Kier alpha value is -1.94. The van der Waals surface area contributed by atoms with Gasteiger partial charge in [-0.25, -0.2) is 4.18 Å². The minimum atomic E-state index is -5.06. The molecule has 0 aromatic carbocycles. The van der Waals surface area contributed by atoms with Crippen LogP contribution >= 0.6 is 0 Å². The minimum Gasteiger partial charge on any atom is -0.457 e. The average molecular weight is 803 g/mol. The van der Waals surface area contributed by atoms with Crippen molar-refractivity contribution in [2.45, 2.75) is 185 Å². The van der Waals surface area contributed by atoms with Gasteiger partial charge in [-0.15, -0.1) is 0 Å². The fourth-order valence-corrected chi connectivity index (χ4v) is 6.54. The van der Waals surface area contributed by atoms with Gasteiger partial charge in [-0.2, -0.15) is 8.42 Å². The summed E-state index contributed by atoms with van der Waals surface area (Å²) in [6, 6.07) is 0. The smallest absolute Gasteiger partial charge is 0.397 e. The summed E-state index contributed by atoms with van der Waals surface area (Å²) >= 11 is 0. The Morgan fingerprint density at radius 3 is 1.85 bits per heavy atom. The number of esters is 1. The van der Waals surface area contributed by atoms with Crippen molar-refractivity contribution >= 4 is 16.4 Å². The molecule has 1 rings (SSSR count). The van der Waals surface area contributed by atoms with Gasteiger partial charge in [0.05, 0.1) is 19.8 Å². The van der Waals surface area contributed by atoms with Crippen molar-refractivity contribution in [2.24, 2.45) is 0 Å². The molecule has 55 heavy (non-hydrogen) atoms. The maximum absolute atomic E-state index is 12.8. The van der Waals surface area contributed by atoms with E-state index in [9.17, 15) is 28.5 Å². The maximum Gasteiger partial charge on any atom is 0.397 e. The second-order valence-corrected chi connectivity index (χ2v) is 15.2. The van der Waals surface area contributed by atoms with Crippen LogP contribution < -0.4 is 0 Å². The summed E-state index contributed by atoms with van der Waals surface area (Å²) in [5, 5.41) is 30.6. The van der Waals surface area contributed by atoms with Crippen LogP contribution in [0.5, 0.6) is 0 Å². The summed E-state index contributed by atoms with van der Waals surface area (Å²) < 4.78 is 58.9. The number of hydrogen-bond acceptors (Lipinski definition) is 11. The molecular weight excluding hydrogens is 729 g/mol. The number of aliphatic hydroxyl groups excluding tert-OH is 3. The zero-order valence-corrected chi connectivity index (χ0v) is 34.5. The number of aliphatic hydroxyl groups is 3. The number of carbonyl (C=O) groups excluding carboxylic acids is 1. The highest BCUT2D eigenvalue weighted by Gasteiger charge is 2.48. The highest BCUT2D eigenvalue weighted by Crippen LogP contribution is 2.26. The molecule has 13 heteroatoms. The molecule has 6 atom stereocenters. The van der Waals surface area contributed by atoms with Crippen LogP contribution in [0.1, 0.15) is 149 Å². The van der Waals surface area contributed by atoms with Crippen molar-refractivity contribution in [1.29, 1.82) is 0 Å². The van der Waals surface area contributed by atoms with Crippen LogP contribution in [0.15, 0.2) is 48.6 Å². The molecule has 0 radical (unpaired) electrons. The van der Waals surface area contributed by atoms with Gasteiger partial charge in [-0.05, 0) is 70.6 Å². The Morgan fingerprint density at radius 1 is 0.709 bits per heavy atom. The summed E-state index contributed by atoms with van der Waals surface area (Å²) in [7, 11) is -5.06. The zero-order chi connectivity index (χ0) is 40.4. The number of carbonyl (C=O) groups is 1. The predicted octanol–water partition coefficient (Wildman–Crippen LogP) is 8.02. The fraction of sp³-hybridized carbons (Fsp3) is 0.786. The van der Waals surface area contributed by atoms with E-state index in [4.69, 9.17) is 23.5 Å². The van der Waals surface area contributed by atoms with E-state index in [1.807, 2.05) is 0 Å². The maximum atomic E-state index is 12.8. The van der Waals surface area contributed by atoms with Gasteiger partial charge < -0.3 is 34.3 Å². The molecule has 1 saturated heterocycles. The van der Waals surface area contributed by atoms with E-state index >= 15 is 0 Å². The fourth-order valence-electron chi connectivity index (χ4n) is 6.03. The molecule has 320 valence electrons. The normalized spacial score (nSPS) is 21.5. The molecule has 0 saturated carbocycles. The molecule has 1 aliphatic heterocycles. The molecule has 1 aliphatic rings. The van der Waals surface area contributed by atoms with E-state index in [0.717, 1.165) is 77.0 Å². The van der Waals surface area contributed by atoms with Crippen LogP contribution in [0.3, 0.4) is 0 Å². The molecule has 0 bridgehead atoms. The van der Waals surface area contributed by atoms with E-state index in [1.54, 1.807) is 0 Å². The second-order valence-electron chi connectivity index (χ2n) is 14.2. The number of allylic oxidation sites excluding steroid dienone is 8. The largest absolute Gasteiger partial charge is 0.457 e. The van der Waals surface area contributed by atoms with Crippen molar-refractivity contribution in [1.82, 2.24) is 0 Å². The molecule has 12 nitrogen and oxygen atoms in total. The van der Waals surface area contributed by atoms with Crippen LogP contribution in [0.25, 0.3) is 0 Å². The van der Waals surface area contributed by atoms with Crippen molar-refractivity contribution in [3.63, 3.8) is 0 Å². The summed E-state index contributed by atoms with van der Waals surface area (Å²) in [6.45, 7) is 3.80. The standard InChI is InChI=1S/C42H74O12S/c1-3-5-7-9-11-13-15-17-18-19-21-23-25-27-29-31-38(44)52-36(34-50-32-30-28-26-24-22-20-16-14-12-10-8-6-4-2)35-51-42-40(46)41(54-55(47,48)49)39(45)37(33-43)53-42/h5,7,11-14,17-18,36-37,39-43,45-46H,3-4,6,8-10,15-16,19-35H2,1-2H3,(H,47,48,49)/b7-5-,13-11-,14-12-,18-17-. The van der Waals surface area contributed by atoms with Crippen LogP contribution in [0, 0.1) is 0 Å². The van der Waals surface area contributed by atoms with E-state index < -0.39 is 59.8 Å². The van der Waals surface area contributed by atoms with E-state index in [2.05, 4.69) is 66.6 Å². The van der Waals surface area contributed by atoms with Gasteiger partial charge in [0.2, 0.25) is 0 Å². The zero-order valence-electron chi connectivity index (χ0n) is 33.7. The van der Waals surface area contributed by atoms with Gasteiger partial charge >= 0.3 is 16.4 Å². The molecule has 0 amide bonds. The van der Waals surface area contributed by atoms with Crippen molar-refractivity contribution in [3.8, 4) is 0 Å². The number of unbranched alkanes of at least 4 members (excludes halogenated alkanes) is 14. The van der Waals surface area contributed by atoms with Crippen LogP contribution in [0.2, 0.25) is 0 Å². The lowest BCUT2D eigenvalue weighted by molar-refractivity contribution is -0.301. The first-order valence-corrected chi connectivity index (χ1v) is 22.3. The third-order valence-corrected chi connectivity index (χ3v) is 9.65. The third kappa shape index (κ3) is 28.2. The Kier molecular flexibility index (Phi) is 31.7. The monoisotopic (exact) mass is 802 g/mol. The Morgan fingerprint density at radius 2 is 1.25 bits per heavy atom. The van der Waals surface area contributed by atoms with E-state index in [1.165, 1.54) is 44.9 Å². The molecule has 4 N–H and O–H groups in total. The highest BCUT2D eigenvalue weighted by atomic mass is 32.3. The lowest BCUT2D eigenvalue weighted by Crippen LogP contribution is -2.60. The first-order valence-electron chi connectivity index (χ1n) is 20.9. The van der Waals surface area contributed by atoms with Crippen molar-refractivity contribution in [2.75, 3.05) is 26.4 Å². The highest BCUT2D eigenvalue weighted by molar-refractivity contribution is 7.80. The van der Waals surface area contributed by atoms with E-state index in [0.29, 0.717) is 13.0 Å². The molecule has 0 aliphatic carbocycles. The van der Waals surface area contributed by atoms with Gasteiger partial charge in [0, 0.05) is 13.0 Å². The SMILES string of the molecule is CC/C=C\C/C=C\C/C=C\CCCCCCCC(=O)OC(COCCCCCCCC/C=C\CCCCC)COC1OC(CO)C(O)C(OS(=O)(=O)O)C1O.